The Hall–Kier alpha value is -1.97. The van der Waals surface area contributed by atoms with Crippen molar-refractivity contribution in [3.63, 3.8) is 0 Å². The summed E-state index contributed by atoms with van der Waals surface area (Å²) < 4.78 is 1.88. The Kier molecular flexibility index (Phi) is 3.78. The molecular weight excluding hydrogens is 341 g/mol. The Morgan fingerprint density at radius 1 is 1.08 bits per heavy atom. The third kappa shape index (κ3) is 2.48. The Balaban J connectivity index is 1.94. The number of halogens is 2. The van der Waals surface area contributed by atoms with Gasteiger partial charge in [0.2, 0.25) is 0 Å². The zero-order valence-corrected chi connectivity index (χ0v) is 15.0. The van der Waals surface area contributed by atoms with Crippen LogP contribution in [-0.2, 0) is 6.42 Å². The van der Waals surface area contributed by atoms with E-state index in [4.69, 9.17) is 28.3 Å². The molecule has 0 radical (unpaired) electrons. The second-order valence-corrected chi connectivity index (χ2v) is 7.00. The van der Waals surface area contributed by atoms with Crippen LogP contribution in [0.5, 0.6) is 0 Å². The van der Waals surface area contributed by atoms with E-state index in [0.717, 1.165) is 35.7 Å². The second-order valence-electron chi connectivity index (χ2n) is 6.21. The van der Waals surface area contributed by atoms with Gasteiger partial charge in [-0.05, 0) is 44.5 Å². The average Bonchev–Trinajstić information content (AvgIpc) is 3.11. The lowest BCUT2D eigenvalue weighted by Crippen LogP contribution is -2.05. The molecule has 1 aliphatic rings. The van der Waals surface area contributed by atoms with Gasteiger partial charge in [-0.2, -0.15) is 5.10 Å². The van der Waals surface area contributed by atoms with E-state index in [1.807, 2.05) is 16.8 Å². The molecule has 3 aromatic rings. The number of aromatic nitrogens is 2. The molecule has 0 bridgehead atoms. The highest BCUT2D eigenvalue weighted by Crippen LogP contribution is 2.38. The Labute approximate surface area is 151 Å². The number of hydrogen-bond donors (Lipinski definition) is 1. The van der Waals surface area contributed by atoms with Crippen LogP contribution in [0.15, 0.2) is 36.4 Å². The van der Waals surface area contributed by atoms with Crippen molar-refractivity contribution in [3.05, 3.63) is 63.1 Å². The van der Waals surface area contributed by atoms with Crippen LogP contribution in [0.3, 0.4) is 0 Å². The minimum atomic E-state index is 0.519. The van der Waals surface area contributed by atoms with E-state index in [9.17, 15) is 0 Å². The SMILES string of the molecule is Cc1cc(C)cc(-c2nn(-c3cccc(Cl)c3Cl)c3c2CCN3)c1. The molecule has 0 amide bonds. The van der Waals surface area contributed by atoms with Crippen LogP contribution in [0.25, 0.3) is 16.9 Å². The number of anilines is 1. The number of nitrogens with zero attached hydrogens (tertiary/aromatic N) is 2. The fraction of sp³-hybridized carbons (Fsp3) is 0.211. The Bertz CT molecular complexity index is 924. The monoisotopic (exact) mass is 357 g/mol. The van der Waals surface area contributed by atoms with Gasteiger partial charge < -0.3 is 5.32 Å². The van der Waals surface area contributed by atoms with E-state index in [0.29, 0.717) is 10.0 Å². The summed E-state index contributed by atoms with van der Waals surface area (Å²) in [6.07, 6.45) is 0.954. The number of fused-ring (bicyclic) bond motifs is 1. The molecule has 4 rings (SSSR count). The highest BCUT2D eigenvalue weighted by Gasteiger charge is 2.25. The predicted octanol–water partition coefficient (Wildman–Crippen LogP) is 5.43. The minimum absolute atomic E-state index is 0.519. The molecule has 5 heteroatoms. The van der Waals surface area contributed by atoms with E-state index in [1.165, 1.54) is 16.7 Å². The van der Waals surface area contributed by atoms with Crippen LogP contribution < -0.4 is 5.32 Å². The van der Waals surface area contributed by atoms with E-state index < -0.39 is 0 Å². The summed E-state index contributed by atoms with van der Waals surface area (Å²) in [5.74, 6) is 1.01. The number of benzene rings is 2. The summed E-state index contributed by atoms with van der Waals surface area (Å²) in [6.45, 7) is 5.13. The Morgan fingerprint density at radius 3 is 2.58 bits per heavy atom. The first-order valence-corrected chi connectivity index (χ1v) is 8.69. The smallest absolute Gasteiger partial charge is 0.133 e. The van der Waals surface area contributed by atoms with Gasteiger partial charge in [-0.3, -0.25) is 0 Å². The Morgan fingerprint density at radius 2 is 1.83 bits per heavy atom. The van der Waals surface area contributed by atoms with Crippen LogP contribution in [0.1, 0.15) is 16.7 Å². The lowest BCUT2D eigenvalue weighted by atomic mass is 10.0. The summed E-state index contributed by atoms with van der Waals surface area (Å²) >= 11 is 12.6. The lowest BCUT2D eigenvalue weighted by molar-refractivity contribution is 0.882. The van der Waals surface area contributed by atoms with Gasteiger partial charge in [-0.25, -0.2) is 4.68 Å². The van der Waals surface area contributed by atoms with Gasteiger partial charge in [0.05, 0.1) is 21.4 Å². The topological polar surface area (TPSA) is 29.9 Å². The molecule has 122 valence electrons. The summed E-state index contributed by atoms with van der Waals surface area (Å²) in [6, 6.07) is 12.1. The molecule has 0 saturated heterocycles. The number of aryl methyl sites for hydroxylation is 2. The summed E-state index contributed by atoms with van der Waals surface area (Å²) in [7, 11) is 0. The van der Waals surface area contributed by atoms with Crippen molar-refractivity contribution in [2.45, 2.75) is 20.3 Å². The molecule has 0 spiro atoms. The van der Waals surface area contributed by atoms with E-state index in [2.05, 4.69) is 37.4 Å². The first-order valence-electron chi connectivity index (χ1n) is 7.93. The molecule has 1 N–H and O–H groups in total. The number of rotatable bonds is 2. The molecule has 0 fully saturated rings. The molecule has 1 aromatic heterocycles. The van der Waals surface area contributed by atoms with Crippen molar-refractivity contribution in [2.24, 2.45) is 0 Å². The van der Waals surface area contributed by atoms with Crippen LogP contribution in [0.4, 0.5) is 5.82 Å². The zero-order chi connectivity index (χ0) is 16.8. The molecule has 1 aliphatic heterocycles. The van der Waals surface area contributed by atoms with E-state index >= 15 is 0 Å². The van der Waals surface area contributed by atoms with Crippen LogP contribution in [0.2, 0.25) is 10.0 Å². The third-order valence-electron chi connectivity index (χ3n) is 4.31. The highest BCUT2D eigenvalue weighted by molar-refractivity contribution is 6.43. The fourth-order valence-corrected chi connectivity index (χ4v) is 3.72. The molecule has 3 nitrogen and oxygen atoms in total. The van der Waals surface area contributed by atoms with Crippen molar-refractivity contribution in [2.75, 3.05) is 11.9 Å². The molecule has 2 aromatic carbocycles. The fourth-order valence-electron chi connectivity index (χ4n) is 3.35. The summed E-state index contributed by atoms with van der Waals surface area (Å²) in [5, 5.41) is 9.35. The predicted molar refractivity (Wildman–Crippen MR) is 101 cm³/mol. The molecular formula is C19H17Cl2N3. The maximum Gasteiger partial charge on any atom is 0.133 e. The molecule has 0 unspecified atom stereocenters. The van der Waals surface area contributed by atoms with Gasteiger partial charge in [0, 0.05) is 17.7 Å². The second kappa shape index (κ2) is 5.83. The average molecular weight is 358 g/mol. The summed E-state index contributed by atoms with van der Waals surface area (Å²) in [5.41, 5.74) is 6.66. The first kappa shape index (κ1) is 15.6. The van der Waals surface area contributed by atoms with Crippen LogP contribution >= 0.6 is 23.2 Å². The van der Waals surface area contributed by atoms with Gasteiger partial charge in [0.15, 0.2) is 0 Å². The molecule has 24 heavy (non-hydrogen) atoms. The first-order chi connectivity index (χ1) is 11.5. The van der Waals surface area contributed by atoms with Gasteiger partial charge in [0.1, 0.15) is 5.82 Å². The molecule has 0 aliphatic carbocycles. The van der Waals surface area contributed by atoms with Crippen molar-refractivity contribution in [1.29, 1.82) is 0 Å². The normalized spacial score (nSPS) is 13.0. The van der Waals surface area contributed by atoms with E-state index in [1.54, 1.807) is 6.07 Å². The van der Waals surface area contributed by atoms with Crippen molar-refractivity contribution in [3.8, 4) is 16.9 Å². The van der Waals surface area contributed by atoms with Gasteiger partial charge in [-0.15, -0.1) is 0 Å². The van der Waals surface area contributed by atoms with Crippen LogP contribution in [0, 0.1) is 13.8 Å². The standard InChI is InChI=1S/C19H17Cl2N3/c1-11-8-12(2)10-13(9-11)18-14-6-7-22-19(14)24(23-18)16-5-3-4-15(20)17(16)21/h3-5,8-10,22H,6-7H2,1-2H3. The molecule has 2 heterocycles. The maximum atomic E-state index is 6.41. The molecule has 0 saturated carbocycles. The number of nitrogens with one attached hydrogen (secondary N) is 1. The third-order valence-corrected chi connectivity index (χ3v) is 5.11. The van der Waals surface area contributed by atoms with Crippen molar-refractivity contribution >= 4 is 29.0 Å². The van der Waals surface area contributed by atoms with Gasteiger partial charge in [-0.1, -0.05) is 46.5 Å². The highest BCUT2D eigenvalue weighted by atomic mass is 35.5. The summed E-state index contributed by atoms with van der Waals surface area (Å²) in [4.78, 5) is 0. The van der Waals surface area contributed by atoms with Crippen LogP contribution in [-0.4, -0.2) is 16.3 Å². The number of hydrogen-bond acceptors (Lipinski definition) is 2. The van der Waals surface area contributed by atoms with Gasteiger partial charge in [0.25, 0.3) is 0 Å². The quantitative estimate of drug-likeness (QED) is 0.662. The molecule has 0 atom stereocenters. The largest absolute Gasteiger partial charge is 0.369 e. The van der Waals surface area contributed by atoms with Crippen molar-refractivity contribution in [1.82, 2.24) is 9.78 Å². The lowest BCUT2D eigenvalue weighted by Gasteiger charge is -2.09. The zero-order valence-electron chi connectivity index (χ0n) is 13.5. The van der Waals surface area contributed by atoms with Crippen molar-refractivity contribution < 1.29 is 0 Å². The van der Waals surface area contributed by atoms with Gasteiger partial charge >= 0.3 is 0 Å². The van der Waals surface area contributed by atoms with E-state index in [-0.39, 0.29) is 0 Å². The maximum absolute atomic E-state index is 6.41. The minimum Gasteiger partial charge on any atom is -0.369 e.